The van der Waals surface area contributed by atoms with Gasteiger partial charge < -0.3 is 20.5 Å². The number of thioether (sulfide) groups is 1. The molecule has 0 unspecified atom stereocenters. The molecule has 3 aromatic rings. The van der Waals surface area contributed by atoms with E-state index in [1.165, 1.54) is 23.9 Å². The summed E-state index contributed by atoms with van der Waals surface area (Å²) in [6.07, 6.45) is 3.91. The van der Waals surface area contributed by atoms with Crippen LogP contribution in [0.15, 0.2) is 53.6 Å². The van der Waals surface area contributed by atoms with Gasteiger partial charge in [0.25, 0.3) is 0 Å². The van der Waals surface area contributed by atoms with Crippen LogP contribution in [0.3, 0.4) is 0 Å². The Morgan fingerprint density at radius 2 is 2.03 bits per heavy atom. The molecule has 1 aliphatic rings. The second-order valence-electron chi connectivity index (χ2n) is 9.21. The number of likely N-dealkylation sites (tertiary alicyclic amines) is 1. The first-order valence-electron chi connectivity index (χ1n) is 12.1. The van der Waals surface area contributed by atoms with E-state index in [1.54, 1.807) is 13.3 Å². The van der Waals surface area contributed by atoms with Gasteiger partial charge in [0.2, 0.25) is 0 Å². The lowest BCUT2D eigenvalue weighted by Crippen LogP contribution is -2.44. The number of piperidine rings is 1. The Labute approximate surface area is 213 Å². The van der Waals surface area contributed by atoms with Crippen molar-refractivity contribution in [2.24, 2.45) is 17.6 Å². The molecular weight excluding hydrogens is 484 g/mol. The largest absolute Gasteiger partial charge is 0.497 e. The lowest BCUT2D eigenvalue weighted by atomic mass is 9.81. The maximum Gasteiger partial charge on any atom is 0.308 e. The Kier molecular flexibility index (Phi) is 8.77. The summed E-state index contributed by atoms with van der Waals surface area (Å²) in [6.45, 7) is 1.91. The Morgan fingerprint density at radius 3 is 2.75 bits per heavy atom. The SMILES string of the molecule is COc1ccc2nccc([C@H](N)CC[C@@H]3CCN(CCSc4cc(F)cc(F)c4)C[C@@H]3C(=O)O)c2c1. The normalized spacial score (nSPS) is 19.3. The van der Waals surface area contributed by atoms with Crippen LogP contribution in [0.2, 0.25) is 0 Å². The molecule has 1 aromatic heterocycles. The second-order valence-corrected chi connectivity index (χ2v) is 10.4. The van der Waals surface area contributed by atoms with Crippen molar-refractivity contribution >= 4 is 28.6 Å². The average molecular weight is 516 g/mol. The van der Waals surface area contributed by atoms with Gasteiger partial charge in [-0.3, -0.25) is 9.78 Å². The van der Waals surface area contributed by atoms with Crippen molar-refractivity contribution in [3.05, 3.63) is 65.9 Å². The number of halogens is 2. The van der Waals surface area contributed by atoms with Crippen LogP contribution >= 0.6 is 11.8 Å². The third kappa shape index (κ3) is 6.52. The smallest absolute Gasteiger partial charge is 0.308 e. The number of nitrogens with two attached hydrogens (primary N) is 1. The van der Waals surface area contributed by atoms with Crippen molar-refractivity contribution in [1.29, 1.82) is 0 Å². The number of benzene rings is 2. The number of pyridine rings is 1. The highest BCUT2D eigenvalue weighted by molar-refractivity contribution is 7.99. The number of hydrogen-bond donors (Lipinski definition) is 2. The summed E-state index contributed by atoms with van der Waals surface area (Å²) in [5, 5.41) is 10.9. The number of hydrogen-bond acceptors (Lipinski definition) is 6. The zero-order chi connectivity index (χ0) is 25.7. The number of fused-ring (bicyclic) bond motifs is 1. The highest BCUT2D eigenvalue weighted by atomic mass is 32.2. The van der Waals surface area contributed by atoms with E-state index < -0.39 is 23.5 Å². The van der Waals surface area contributed by atoms with Crippen LogP contribution in [0.4, 0.5) is 8.78 Å². The maximum atomic E-state index is 13.4. The summed E-state index contributed by atoms with van der Waals surface area (Å²) >= 11 is 1.37. The zero-order valence-electron chi connectivity index (χ0n) is 20.2. The molecule has 3 atom stereocenters. The molecule has 4 rings (SSSR count). The van der Waals surface area contributed by atoms with E-state index in [2.05, 4.69) is 9.88 Å². The monoisotopic (exact) mass is 515 g/mol. The van der Waals surface area contributed by atoms with Gasteiger partial charge in [0.1, 0.15) is 17.4 Å². The van der Waals surface area contributed by atoms with Gasteiger partial charge in [-0.05, 0) is 73.7 Å². The van der Waals surface area contributed by atoms with Crippen molar-refractivity contribution in [2.45, 2.75) is 30.2 Å². The number of carboxylic acid groups (broad SMARTS) is 1. The summed E-state index contributed by atoms with van der Waals surface area (Å²) < 4.78 is 32.1. The minimum absolute atomic E-state index is 0.0393. The van der Waals surface area contributed by atoms with Crippen LogP contribution < -0.4 is 10.5 Å². The van der Waals surface area contributed by atoms with Crippen LogP contribution in [0, 0.1) is 23.5 Å². The second kappa shape index (κ2) is 12.0. The molecule has 0 saturated carbocycles. The number of nitrogens with zero attached hydrogens (tertiary/aromatic N) is 2. The number of aliphatic carboxylic acids is 1. The maximum absolute atomic E-state index is 13.4. The number of rotatable bonds is 10. The molecule has 192 valence electrons. The Bertz CT molecular complexity index is 1190. The van der Waals surface area contributed by atoms with Crippen LogP contribution in [0.1, 0.15) is 30.9 Å². The summed E-state index contributed by atoms with van der Waals surface area (Å²) in [4.78, 5) is 19.1. The molecule has 0 aliphatic carbocycles. The minimum Gasteiger partial charge on any atom is -0.497 e. The fourth-order valence-electron chi connectivity index (χ4n) is 4.95. The average Bonchev–Trinajstić information content (AvgIpc) is 2.86. The van der Waals surface area contributed by atoms with Gasteiger partial charge in [-0.2, -0.15) is 0 Å². The molecule has 2 heterocycles. The summed E-state index contributed by atoms with van der Waals surface area (Å²) in [5.41, 5.74) is 8.41. The molecule has 2 aromatic carbocycles. The molecule has 1 fully saturated rings. The predicted molar refractivity (Wildman–Crippen MR) is 137 cm³/mol. The first-order chi connectivity index (χ1) is 17.3. The third-order valence-electron chi connectivity index (χ3n) is 6.90. The van der Waals surface area contributed by atoms with Crippen LogP contribution in [-0.2, 0) is 4.79 Å². The highest BCUT2D eigenvalue weighted by Crippen LogP contribution is 2.33. The van der Waals surface area contributed by atoms with Crippen LogP contribution in [-0.4, -0.2) is 53.5 Å². The zero-order valence-corrected chi connectivity index (χ0v) is 21.0. The van der Waals surface area contributed by atoms with Crippen molar-refractivity contribution in [3.8, 4) is 5.75 Å². The van der Waals surface area contributed by atoms with E-state index in [4.69, 9.17) is 10.5 Å². The van der Waals surface area contributed by atoms with Gasteiger partial charge in [0.15, 0.2) is 0 Å². The summed E-state index contributed by atoms with van der Waals surface area (Å²) in [7, 11) is 1.62. The topological polar surface area (TPSA) is 88.7 Å². The molecule has 9 heteroatoms. The Hall–Kier alpha value is -2.75. The van der Waals surface area contributed by atoms with E-state index in [-0.39, 0.29) is 12.0 Å². The molecule has 0 amide bonds. The van der Waals surface area contributed by atoms with E-state index in [9.17, 15) is 18.7 Å². The number of ether oxygens (including phenoxy) is 1. The summed E-state index contributed by atoms with van der Waals surface area (Å²) in [5.74, 6) is -1.05. The Balaban J connectivity index is 1.33. The van der Waals surface area contributed by atoms with Crippen molar-refractivity contribution < 1.29 is 23.4 Å². The molecule has 3 N–H and O–H groups in total. The quantitative estimate of drug-likeness (QED) is 0.363. The molecule has 0 bridgehead atoms. The molecule has 6 nitrogen and oxygen atoms in total. The molecule has 1 aliphatic heterocycles. The minimum atomic E-state index is -0.794. The number of methoxy groups -OCH3 is 1. The first-order valence-corrected chi connectivity index (χ1v) is 13.0. The fourth-order valence-corrected chi connectivity index (χ4v) is 5.92. The lowest BCUT2D eigenvalue weighted by molar-refractivity contribution is -0.146. The van der Waals surface area contributed by atoms with Crippen molar-refractivity contribution in [2.75, 3.05) is 32.5 Å². The molecule has 0 spiro atoms. The van der Waals surface area contributed by atoms with Gasteiger partial charge >= 0.3 is 5.97 Å². The highest BCUT2D eigenvalue weighted by Gasteiger charge is 2.34. The van der Waals surface area contributed by atoms with Gasteiger partial charge in [0, 0.05) is 47.4 Å². The van der Waals surface area contributed by atoms with Gasteiger partial charge in [0.05, 0.1) is 18.5 Å². The van der Waals surface area contributed by atoms with Crippen LogP contribution in [0.25, 0.3) is 10.9 Å². The molecule has 1 saturated heterocycles. The Morgan fingerprint density at radius 1 is 1.25 bits per heavy atom. The molecule has 0 radical (unpaired) electrons. The third-order valence-corrected chi connectivity index (χ3v) is 7.86. The van der Waals surface area contributed by atoms with E-state index >= 15 is 0 Å². The molecule has 36 heavy (non-hydrogen) atoms. The number of carbonyl (C=O) groups is 1. The van der Waals surface area contributed by atoms with E-state index in [0.717, 1.165) is 47.7 Å². The standard InChI is InChI=1S/C27H31F2N3O3S/c1-35-20-3-5-26-23(15-20)22(6-8-31-26)25(30)4-2-17-7-9-32(16-24(17)27(33)34)10-11-36-21-13-18(28)12-19(29)14-21/h3,5-6,8,12-15,17,24-25H,2,4,7,9-11,16,30H2,1H3,(H,33,34)/t17-,24+,25-/m1/s1. The first kappa shape index (κ1) is 26.3. The van der Waals surface area contributed by atoms with E-state index in [0.29, 0.717) is 30.2 Å². The van der Waals surface area contributed by atoms with Gasteiger partial charge in [-0.25, -0.2) is 8.78 Å². The van der Waals surface area contributed by atoms with Gasteiger partial charge in [-0.1, -0.05) is 0 Å². The van der Waals surface area contributed by atoms with Crippen LogP contribution in [0.5, 0.6) is 5.75 Å². The number of aromatic nitrogens is 1. The summed E-state index contributed by atoms with van der Waals surface area (Å²) in [6, 6.07) is 10.9. The molecular formula is C27H31F2N3O3S. The van der Waals surface area contributed by atoms with Gasteiger partial charge in [-0.15, -0.1) is 11.8 Å². The fraction of sp³-hybridized carbons (Fsp3) is 0.407. The lowest BCUT2D eigenvalue weighted by Gasteiger charge is -2.37. The van der Waals surface area contributed by atoms with Crippen molar-refractivity contribution in [1.82, 2.24) is 9.88 Å². The van der Waals surface area contributed by atoms with Crippen molar-refractivity contribution in [3.63, 3.8) is 0 Å². The van der Waals surface area contributed by atoms with E-state index in [1.807, 2.05) is 24.3 Å². The predicted octanol–water partition coefficient (Wildman–Crippen LogP) is 5.12. The number of carboxylic acids is 1.